The average molecular weight is 268 g/mol. The van der Waals surface area contributed by atoms with Crippen LogP contribution >= 0.6 is 0 Å². The van der Waals surface area contributed by atoms with Crippen molar-refractivity contribution >= 4 is 11.6 Å². The Hall–Kier alpha value is -2.84. The minimum atomic E-state index is -0.487. The predicted octanol–water partition coefficient (Wildman–Crippen LogP) is 0.971. The summed E-state index contributed by atoms with van der Waals surface area (Å²) in [5, 5.41) is 11.3. The number of anilines is 1. The molecule has 1 amide bonds. The molecule has 0 radical (unpaired) electrons. The van der Waals surface area contributed by atoms with E-state index in [0.717, 1.165) is 0 Å². The maximum absolute atomic E-state index is 12.0. The van der Waals surface area contributed by atoms with E-state index in [0.29, 0.717) is 11.3 Å². The highest BCUT2D eigenvalue weighted by Crippen LogP contribution is 2.10. The normalized spacial score (nSPS) is 9.45. The van der Waals surface area contributed by atoms with Crippen molar-refractivity contribution in [1.29, 1.82) is 0 Å². The molecule has 20 heavy (non-hydrogen) atoms. The summed E-state index contributed by atoms with van der Waals surface area (Å²) in [7, 11) is 0. The van der Waals surface area contributed by atoms with Crippen LogP contribution in [0.3, 0.4) is 0 Å². The molecule has 5 nitrogen and oxygen atoms in total. The SMILES string of the molecule is O=C(Nc1cccc(C#CCO)c1)c1c[nH]ccc1=O. The second-order valence-electron chi connectivity index (χ2n) is 3.92. The molecule has 0 fully saturated rings. The molecular formula is C15H12N2O3. The van der Waals surface area contributed by atoms with Gasteiger partial charge in [0.05, 0.1) is 0 Å². The molecule has 0 aliphatic heterocycles. The van der Waals surface area contributed by atoms with Gasteiger partial charge in [-0.3, -0.25) is 9.59 Å². The van der Waals surface area contributed by atoms with E-state index in [2.05, 4.69) is 22.1 Å². The topological polar surface area (TPSA) is 82.2 Å². The third-order valence-corrected chi connectivity index (χ3v) is 2.50. The molecule has 0 spiro atoms. The van der Waals surface area contributed by atoms with Crippen LogP contribution in [0.1, 0.15) is 15.9 Å². The van der Waals surface area contributed by atoms with Crippen molar-refractivity contribution in [1.82, 2.24) is 4.98 Å². The van der Waals surface area contributed by atoms with Crippen LogP contribution in [0, 0.1) is 11.8 Å². The van der Waals surface area contributed by atoms with E-state index in [1.807, 2.05) is 0 Å². The summed E-state index contributed by atoms with van der Waals surface area (Å²) >= 11 is 0. The van der Waals surface area contributed by atoms with E-state index in [1.165, 1.54) is 18.5 Å². The molecule has 100 valence electrons. The molecule has 2 aromatic rings. The number of pyridine rings is 1. The van der Waals surface area contributed by atoms with E-state index in [-0.39, 0.29) is 17.6 Å². The fraction of sp³-hybridized carbons (Fsp3) is 0.0667. The number of aromatic amines is 1. The van der Waals surface area contributed by atoms with Crippen molar-refractivity contribution in [3.8, 4) is 11.8 Å². The van der Waals surface area contributed by atoms with E-state index in [1.54, 1.807) is 24.3 Å². The van der Waals surface area contributed by atoms with Crippen molar-refractivity contribution in [2.75, 3.05) is 11.9 Å². The Morgan fingerprint density at radius 2 is 2.20 bits per heavy atom. The molecule has 1 aromatic heterocycles. The molecule has 0 aliphatic carbocycles. The van der Waals surface area contributed by atoms with Crippen LogP contribution in [0.25, 0.3) is 0 Å². The summed E-state index contributed by atoms with van der Waals surface area (Å²) in [6.07, 6.45) is 2.82. The van der Waals surface area contributed by atoms with Crippen molar-refractivity contribution in [2.45, 2.75) is 0 Å². The van der Waals surface area contributed by atoms with Crippen molar-refractivity contribution in [3.05, 3.63) is 64.1 Å². The standard InChI is InChI=1S/C15H12N2O3/c18-8-2-4-11-3-1-5-12(9-11)17-15(20)13-10-16-7-6-14(13)19/h1,3,5-7,9-10,18H,8H2,(H,16,19)(H,17,20). The number of rotatable bonds is 2. The maximum Gasteiger partial charge on any atom is 0.261 e. The third kappa shape index (κ3) is 3.34. The van der Waals surface area contributed by atoms with Gasteiger partial charge in [-0.2, -0.15) is 0 Å². The molecule has 1 heterocycles. The zero-order chi connectivity index (χ0) is 14.4. The Balaban J connectivity index is 2.20. The lowest BCUT2D eigenvalue weighted by atomic mass is 10.2. The molecule has 0 atom stereocenters. The van der Waals surface area contributed by atoms with Gasteiger partial charge in [-0.25, -0.2) is 0 Å². The monoisotopic (exact) mass is 268 g/mol. The Morgan fingerprint density at radius 3 is 2.95 bits per heavy atom. The van der Waals surface area contributed by atoms with Gasteiger partial charge >= 0.3 is 0 Å². The van der Waals surface area contributed by atoms with Crippen LogP contribution in [0.2, 0.25) is 0 Å². The van der Waals surface area contributed by atoms with Crippen LogP contribution < -0.4 is 10.7 Å². The van der Waals surface area contributed by atoms with Gasteiger partial charge in [0.25, 0.3) is 5.91 Å². The predicted molar refractivity (Wildman–Crippen MR) is 75.4 cm³/mol. The summed E-state index contributed by atoms with van der Waals surface area (Å²) in [6, 6.07) is 8.13. The molecule has 3 N–H and O–H groups in total. The van der Waals surface area contributed by atoms with Gasteiger partial charge in [-0.05, 0) is 18.2 Å². The summed E-state index contributed by atoms with van der Waals surface area (Å²) in [4.78, 5) is 26.2. The van der Waals surface area contributed by atoms with Gasteiger partial charge in [0.2, 0.25) is 0 Å². The third-order valence-electron chi connectivity index (χ3n) is 2.50. The number of aromatic nitrogens is 1. The number of carbonyl (C=O) groups excluding carboxylic acids is 1. The fourth-order valence-electron chi connectivity index (χ4n) is 1.61. The minimum Gasteiger partial charge on any atom is -0.384 e. The minimum absolute atomic E-state index is 0.0411. The molecule has 0 saturated carbocycles. The number of amides is 1. The van der Waals surface area contributed by atoms with Gasteiger partial charge in [0, 0.05) is 29.7 Å². The van der Waals surface area contributed by atoms with Crippen LogP contribution in [0.4, 0.5) is 5.69 Å². The number of benzene rings is 1. The lowest BCUT2D eigenvalue weighted by Gasteiger charge is -2.04. The first-order chi connectivity index (χ1) is 9.70. The van der Waals surface area contributed by atoms with Crippen molar-refractivity contribution in [3.63, 3.8) is 0 Å². The lowest BCUT2D eigenvalue weighted by molar-refractivity contribution is 0.102. The van der Waals surface area contributed by atoms with Gasteiger partial charge in [-0.1, -0.05) is 17.9 Å². The molecule has 0 unspecified atom stereocenters. The first-order valence-electron chi connectivity index (χ1n) is 5.89. The highest BCUT2D eigenvalue weighted by Gasteiger charge is 2.09. The van der Waals surface area contributed by atoms with Gasteiger partial charge in [0.1, 0.15) is 12.2 Å². The fourth-order valence-corrected chi connectivity index (χ4v) is 1.61. The number of aliphatic hydroxyl groups is 1. The Bertz CT molecular complexity index is 738. The maximum atomic E-state index is 12.0. The van der Waals surface area contributed by atoms with E-state index >= 15 is 0 Å². The van der Waals surface area contributed by atoms with E-state index < -0.39 is 5.91 Å². The van der Waals surface area contributed by atoms with Crippen molar-refractivity contribution < 1.29 is 9.90 Å². The van der Waals surface area contributed by atoms with Crippen LogP contribution in [-0.2, 0) is 0 Å². The number of H-pyrrole nitrogens is 1. The zero-order valence-electron chi connectivity index (χ0n) is 10.5. The molecule has 2 rings (SSSR count). The second-order valence-corrected chi connectivity index (χ2v) is 3.92. The Morgan fingerprint density at radius 1 is 1.35 bits per heavy atom. The summed E-state index contributed by atoms with van der Waals surface area (Å²) < 4.78 is 0. The summed E-state index contributed by atoms with van der Waals surface area (Å²) in [5.74, 6) is 4.78. The number of hydrogen-bond acceptors (Lipinski definition) is 3. The van der Waals surface area contributed by atoms with E-state index in [9.17, 15) is 9.59 Å². The highest BCUT2D eigenvalue weighted by molar-refractivity contribution is 6.04. The van der Waals surface area contributed by atoms with Crippen molar-refractivity contribution in [2.24, 2.45) is 0 Å². The van der Waals surface area contributed by atoms with Crippen LogP contribution in [0.5, 0.6) is 0 Å². The number of carbonyl (C=O) groups is 1. The van der Waals surface area contributed by atoms with Gasteiger partial charge < -0.3 is 15.4 Å². The smallest absolute Gasteiger partial charge is 0.261 e. The van der Waals surface area contributed by atoms with E-state index in [4.69, 9.17) is 5.11 Å². The van der Waals surface area contributed by atoms with Gasteiger partial charge in [0.15, 0.2) is 5.43 Å². The highest BCUT2D eigenvalue weighted by atomic mass is 16.2. The van der Waals surface area contributed by atoms with Crippen LogP contribution in [0.15, 0.2) is 47.5 Å². The van der Waals surface area contributed by atoms with Gasteiger partial charge in [-0.15, -0.1) is 0 Å². The zero-order valence-corrected chi connectivity index (χ0v) is 10.5. The number of nitrogens with one attached hydrogen (secondary N) is 2. The largest absolute Gasteiger partial charge is 0.384 e. The number of aliphatic hydroxyl groups excluding tert-OH is 1. The molecule has 0 saturated heterocycles. The average Bonchev–Trinajstić information content (AvgIpc) is 2.46. The molecular weight excluding hydrogens is 256 g/mol. The molecule has 0 bridgehead atoms. The van der Waals surface area contributed by atoms with Crippen LogP contribution in [-0.4, -0.2) is 22.6 Å². The Kier molecular flexibility index (Phi) is 4.32. The Labute approximate surface area is 115 Å². The first kappa shape index (κ1) is 13.6. The quantitative estimate of drug-likeness (QED) is 0.710. The number of hydrogen-bond donors (Lipinski definition) is 3. The lowest BCUT2D eigenvalue weighted by Crippen LogP contribution is -2.20. The molecule has 5 heteroatoms. The second kappa shape index (κ2) is 6.36. The summed E-state index contributed by atoms with van der Waals surface area (Å²) in [6.45, 7) is -0.226. The first-order valence-corrected chi connectivity index (χ1v) is 5.89. The molecule has 0 aliphatic rings. The summed E-state index contributed by atoms with van der Waals surface area (Å²) in [5.41, 5.74) is 0.888. The molecule has 1 aromatic carbocycles.